The Balaban J connectivity index is 2.21. The molecular formula is C16H20N2O2. The van der Waals surface area contributed by atoms with E-state index in [1.807, 2.05) is 25.1 Å². The number of rotatable bonds is 1. The Morgan fingerprint density at radius 3 is 2.95 bits per heavy atom. The lowest BCUT2D eigenvalue weighted by atomic mass is 9.95. The van der Waals surface area contributed by atoms with Crippen LogP contribution in [0, 0.1) is 17.8 Å². The van der Waals surface area contributed by atoms with Crippen molar-refractivity contribution in [3.05, 3.63) is 35.4 Å². The smallest absolute Gasteiger partial charge is 0.255 e. The lowest BCUT2D eigenvalue weighted by Crippen LogP contribution is -2.45. The summed E-state index contributed by atoms with van der Waals surface area (Å²) in [5.74, 6) is 5.81. The first-order chi connectivity index (χ1) is 9.63. The summed E-state index contributed by atoms with van der Waals surface area (Å²) in [5.41, 5.74) is 6.70. The molecule has 4 heteroatoms. The highest BCUT2D eigenvalue weighted by Gasteiger charge is 2.28. The predicted molar refractivity (Wildman–Crippen MR) is 78.1 cm³/mol. The van der Waals surface area contributed by atoms with Gasteiger partial charge in [0.25, 0.3) is 5.91 Å². The van der Waals surface area contributed by atoms with Crippen LogP contribution in [0.3, 0.4) is 0 Å². The van der Waals surface area contributed by atoms with Crippen LogP contribution in [0.5, 0.6) is 0 Å². The van der Waals surface area contributed by atoms with Gasteiger partial charge in [-0.1, -0.05) is 30.9 Å². The van der Waals surface area contributed by atoms with E-state index in [9.17, 15) is 9.90 Å². The average molecular weight is 272 g/mol. The molecule has 1 saturated heterocycles. The largest absolute Gasteiger partial charge is 0.393 e. The molecule has 0 spiro atoms. The van der Waals surface area contributed by atoms with Crippen molar-refractivity contribution >= 4 is 5.91 Å². The van der Waals surface area contributed by atoms with E-state index in [0.29, 0.717) is 30.6 Å². The number of aliphatic hydroxyl groups is 1. The molecule has 0 bridgehead atoms. The molecule has 1 amide bonds. The highest BCUT2D eigenvalue weighted by Crippen LogP contribution is 2.20. The molecule has 0 saturated carbocycles. The maximum absolute atomic E-state index is 12.6. The van der Waals surface area contributed by atoms with Crippen LogP contribution in [0.15, 0.2) is 24.3 Å². The summed E-state index contributed by atoms with van der Waals surface area (Å²) >= 11 is 0. The fourth-order valence-corrected chi connectivity index (χ4v) is 2.41. The summed E-state index contributed by atoms with van der Waals surface area (Å²) in [6.45, 7) is 3.40. The van der Waals surface area contributed by atoms with Crippen molar-refractivity contribution < 1.29 is 9.90 Å². The molecule has 1 aromatic rings. The SMILES string of the molecule is CC1CN(C(=O)c2ccccc2C#CCN)CCC1O. The first-order valence-corrected chi connectivity index (χ1v) is 6.88. The van der Waals surface area contributed by atoms with Gasteiger partial charge in [-0.3, -0.25) is 4.79 Å². The second kappa shape index (κ2) is 6.56. The van der Waals surface area contributed by atoms with Crippen molar-refractivity contribution in [1.82, 2.24) is 4.90 Å². The van der Waals surface area contributed by atoms with Crippen molar-refractivity contribution in [3.8, 4) is 11.8 Å². The van der Waals surface area contributed by atoms with E-state index in [0.717, 1.165) is 0 Å². The van der Waals surface area contributed by atoms with Crippen molar-refractivity contribution in [2.24, 2.45) is 11.7 Å². The monoisotopic (exact) mass is 272 g/mol. The van der Waals surface area contributed by atoms with Gasteiger partial charge in [0.1, 0.15) is 0 Å². The van der Waals surface area contributed by atoms with E-state index in [-0.39, 0.29) is 24.5 Å². The number of nitrogens with two attached hydrogens (primary N) is 1. The van der Waals surface area contributed by atoms with Gasteiger partial charge in [-0.25, -0.2) is 0 Å². The molecule has 1 fully saturated rings. The zero-order chi connectivity index (χ0) is 14.5. The summed E-state index contributed by atoms with van der Waals surface area (Å²) in [4.78, 5) is 14.4. The molecule has 1 aliphatic rings. The van der Waals surface area contributed by atoms with E-state index in [2.05, 4.69) is 11.8 Å². The topological polar surface area (TPSA) is 66.6 Å². The summed E-state index contributed by atoms with van der Waals surface area (Å²) in [7, 11) is 0. The molecule has 3 N–H and O–H groups in total. The van der Waals surface area contributed by atoms with E-state index in [1.165, 1.54) is 0 Å². The molecule has 2 atom stereocenters. The molecule has 2 rings (SSSR count). The standard InChI is InChI=1S/C16H20N2O2/c1-12-11-18(10-8-15(12)19)16(20)14-7-3-2-5-13(14)6-4-9-17/h2-3,5,7,12,15,19H,8-11,17H2,1H3. The van der Waals surface area contributed by atoms with Crippen LogP contribution in [0.25, 0.3) is 0 Å². The zero-order valence-corrected chi connectivity index (χ0v) is 11.7. The molecular weight excluding hydrogens is 252 g/mol. The Kier molecular flexibility index (Phi) is 4.78. The number of carbonyl (C=O) groups excluding carboxylic acids is 1. The Hall–Kier alpha value is -1.83. The van der Waals surface area contributed by atoms with Gasteiger partial charge < -0.3 is 15.7 Å². The first-order valence-electron chi connectivity index (χ1n) is 6.88. The van der Waals surface area contributed by atoms with Gasteiger partial charge in [0, 0.05) is 18.7 Å². The van der Waals surface area contributed by atoms with Gasteiger partial charge in [-0.2, -0.15) is 0 Å². The number of aliphatic hydroxyl groups excluding tert-OH is 1. The predicted octanol–water partition coefficient (Wildman–Crippen LogP) is 0.840. The second-order valence-corrected chi connectivity index (χ2v) is 5.14. The molecule has 0 aliphatic carbocycles. The fourth-order valence-electron chi connectivity index (χ4n) is 2.41. The summed E-state index contributed by atoms with van der Waals surface area (Å²) in [6.07, 6.45) is 0.315. The van der Waals surface area contributed by atoms with Gasteiger partial charge in [0.05, 0.1) is 18.2 Å². The minimum absolute atomic E-state index is 0.0225. The van der Waals surface area contributed by atoms with E-state index in [1.54, 1.807) is 11.0 Å². The van der Waals surface area contributed by atoms with E-state index >= 15 is 0 Å². The summed E-state index contributed by atoms with van der Waals surface area (Å²) in [5, 5.41) is 9.74. The number of amides is 1. The number of hydrogen-bond donors (Lipinski definition) is 2. The van der Waals surface area contributed by atoms with Gasteiger partial charge in [-0.15, -0.1) is 0 Å². The van der Waals surface area contributed by atoms with Crippen molar-refractivity contribution in [2.45, 2.75) is 19.4 Å². The van der Waals surface area contributed by atoms with Crippen LogP contribution in [-0.2, 0) is 0 Å². The third-order valence-corrected chi connectivity index (χ3v) is 3.63. The van der Waals surface area contributed by atoms with Crippen LogP contribution in [-0.4, -0.2) is 41.7 Å². The van der Waals surface area contributed by atoms with Gasteiger partial charge in [0.2, 0.25) is 0 Å². The van der Waals surface area contributed by atoms with Crippen molar-refractivity contribution in [2.75, 3.05) is 19.6 Å². The highest BCUT2D eigenvalue weighted by molar-refractivity contribution is 5.96. The molecule has 4 nitrogen and oxygen atoms in total. The van der Waals surface area contributed by atoms with Gasteiger partial charge in [-0.05, 0) is 24.5 Å². The lowest BCUT2D eigenvalue weighted by molar-refractivity contribution is 0.0297. The van der Waals surface area contributed by atoms with Crippen molar-refractivity contribution in [3.63, 3.8) is 0 Å². The van der Waals surface area contributed by atoms with Crippen LogP contribution >= 0.6 is 0 Å². The summed E-state index contributed by atoms with van der Waals surface area (Å²) < 4.78 is 0. The van der Waals surface area contributed by atoms with Crippen LogP contribution in [0.1, 0.15) is 29.3 Å². The molecule has 1 aliphatic heterocycles. The number of likely N-dealkylation sites (tertiary alicyclic amines) is 1. The van der Waals surface area contributed by atoms with Crippen LogP contribution in [0.4, 0.5) is 0 Å². The molecule has 0 aromatic heterocycles. The number of nitrogens with zero attached hydrogens (tertiary/aromatic N) is 1. The molecule has 2 unspecified atom stereocenters. The normalized spacial score (nSPS) is 22.1. The van der Waals surface area contributed by atoms with Gasteiger partial charge >= 0.3 is 0 Å². The average Bonchev–Trinajstić information content (AvgIpc) is 2.47. The highest BCUT2D eigenvalue weighted by atomic mass is 16.3. The summed E-state index contributed by atoms with van der Waals surface area (Å²) in [6, 6.07) is 7.32. The number of piperidine rings is 1. The minimum atomic E-state index is -0.314. The number of hydrogen-bond acceptors (Lipinski definition) is 3. The Morgan fingerprint density at radius 2 is 2.25 bits per heavy atom. The Morgan fingerprint density at radius 1 is 1.50 bits per heavy atom. The van der Waals surface area contributed by atoms with Crippen LogP contribution < -0.4 is 5.73 Å². The van der Waals surface area contributed by atoms with Crippen molar-refractivity contribution in [1.29, 1.82) is 0 Å². The number of benzene rings is 1. The molecule has 1 heterocycles. The van der Waals surface area contributed by atoms with E-state index < -0.39 is 0 Å². The number of carbonyl (C=O) groups is 1. The fraction of sp³-hybridized carbons (Fsp3) is 0.438. The molecule has 106 valence electrons. The Bertz CT molecular complexity index is 545. The van der Waals surface area contributed by atoms with Crippen LogP contribution in [0.2, 0.25) is 0 Å². The zero-order valence-electron chi connectivity index (χ0n) is 11.7. The maximum atomic E-state index is 12.6. The third-order valence-electron chi connectivity index (χ3n) is 3.63. The lowest BCUT2D eigenvalue weighted by Gasteiger charge is -2.34. The third kappa shape index (κ3) is 3.19. The second-order valence-electron chi connectivity index (χ2n) is 5.14. The van der Waals surface area contributed by atoms with E-state index in [4.69, 9.17) is 5.73 Å². The minimum Gasteiger partial charge on any atom is -0.393 e. The molecule has 20 heavy (non-hydrogen) atoms. The maximum Gasteiger partial charge on any atom is 0.255 e. The molecule has 0 radical (unpaired) electrons. The molecule has 1 aromatic carbocycles. The Labute approximate surface area is 119 Å². The quantitative estimate of drug-likeness (QED) is 0.745. The first kappa shape index (κ1) is 14.6. The van der Waals surface area contributed by atoms with Gasteiger partial charge in [0.15, 0.2) is 0 Å².